The van der Waals surface area contributed by atoms with Gasteiger partial charge in [0.25, 0.3) is 5.91 Å². The number of nitrogens with zero attached hydrogens (tertiary/aromatic N) is 2. The first kappa shape index (κ1) is 28.9. The van der Waals surface area contributed by atoms with Crippen LogP contribution in [0.3, 0.4) is 0 Å². The van der Waals surface area contributed by atoms with E-state index in [0.29, 0.717) is 22.0 Å². The molecular formula is C29H31BrF3N3O3. The Balaban J connectivity index is 1.70. The molecule has 0 bridgehead atoms. The predicted molar refractivity (Wildman–Crippen MR) is 148 cm³/mol. The molecule has 1 aromatic heterocycles. The summed E-state index contributed by atoms with van der Waals surface area (Å²) in [5, 5.41) is 12.7. The highest BCUT2D eigenvalue weighted by Crippen LogP contribution is 2.37. The highest BCUT2D eigenvalue weighted by Gasteiger charge is 2.35. The number of aromatic nitrogens is 1. The molecule has 6 nitrogen and oxygen atoms in total. The average Bonchev–Trinajstić information content (AvgIpc) is 3.17. The van der Waals surface area contributed by atoms with E-state index < -0.39 is 29.5 Å². The van der Waals surface area contributed by atoms with Gasteiger partial charge in [-0.3, -0.25) is 9.59 Å². The molecule has 39 heavy (non-hydrogen) atoms. The molecule has 2 N–H and O–H groups in total. The number of alkyl halides is 3. The first-order valence-electron chi connectivity index (χ1n) is 13.1. The molecule has 1 saturated heterocycles. The lowest BCUT2D eigenvalue weighted by atomic mass is 9.89. The van der Waals surface area contributed by atoms with Crippen molar-refractivity contribution in [1.29, 1.82) is 0 Å². The Morgan fingerprint density at radius 3 is 2.46 bits per heavy atom. The summed E-state index contributed by atoms with van der Waals surface area (Å²) in [5.74, 6) is -1.65. The summed E-state index contributed by atoms with van der Waals surface area (Å²) in [6, 6.07) is 10.6. The molecule has 3 aromatic rings. The Bertz CT molecular complexity index is 1350. The van der Waals surface area contributed by atoms with E-state index in [4.69, 9.17) is 4.98 Å². The predicted octanol–water partition coefficient (Wildman–Crippen LogP) is 7.08. The zero-order valence-electron chi connectivity index (χ0n) is 21.7. The van der Waals surface area contributed by atoms with Gasteiger partial charge in [-0.1, -0.05) is 47.0 Å². The van der Waals surface area contributed by atoms with E-state index in [0.717, 1.165) is 55.1 Å². The molecule has 0 spiro atoms. The summed E-state index contributed by atoms with van der Waals surface area (Å²) in [4.78, 5) is 32.1. The van der Waals surface area contributed by atoms with E-state index in [1.54, 1.807) is 0 Å². The van der Waals surface area contributed by atoms with E-state index in [-0.39, 0.29) is 24.9 Å². The van der Waals surface area contributed by atoms with Crippen LogP contribution < -0.4 is 10.2 Å². The number of carboxylic acids is 1. The molecule has 1 amide bonds. The molecule has 10 heteroatoms. The van der Waals surface area contributed by atoms with E-state index in [2.05, 4.69) is 26.1 Å². The quantitative estimate of drug-likeness (QED) is 0.286. The number of hydrogen-bond acceptors (Lipinski definition) is 4. The fraction of sp³-hybridized carbons (Fsp3) is 0.414. The van der Waals surface area contributed by atoms with Crippen LogP contribution in [0.25, 0.3) is 10.9 Å². The zero-order valence-corrected chi connectivity index (χ0v) is 23.2. The molecule has 0 saturated carbocycles. The molecule has 4 rings (SSSR count). The molecule has 2 heterocycles. The topological polar surface area (TPSA) is 82.5 Å². The van der Waals surface area contributed by atoms with Crippen LogP contribution in [0, 0.1) is 6.92 Å². The summed E-state index contributed by atoms with van der Waals surface area (Å²) in [6.07, 6.45) is -0.634. The second-order valence-corrected chi connectivity index (χ2v) is 10.8. The number of carbonyl (C=O) groups excluding carboxylic acids is 1. The van der Waals surface area contributed by atoms with Crippen molar-refractivity contribution in [2.75, 3.05) is 24.5 Å². The van der Waals surface area contributed by atoms with Gasteiger partial charge in [0.15, 0.2) is 0 Å². The van der Waals surface area contributed by atoms with E-state index in [1.165, 1.54) is 18.2 Å². The summed E-state index contributed by atoms with van der Waals surface area (Å²) in [7, 11) is 0. The minimum absolute atomic E-state index is 0.0316. The number of fused-ring (bicyclic) bond motifs is 1. The number of benzene rings is 2. The fourth-order valence-corrected chi connectivity index (χ4v) is 5.64. The van der Waals surface area contributed by atoms with Crippen LogP contribution in [0.1, 0.15) is 71.5 Å². The van der Waals surface area contributed by atoms with Gasteiger partial charge in [0.1, 0.15) is 5.82 Å². The Kier molecular flexibility index (Phi) is 9.15. The fourth-order valence-electron chi connectivity index (χ4n) is 5.28. The second kappa shape index (κ2) is 12.4. The van der Waals surface area contributed by atoms with Gasteiger partial charge in [0.2, 0.25) is 0 Å². The van der Waals surface area contributed by atoms with Crippen molar-refractivity contribution in [2.45, 2.75) is 57.5 Å². The molecule has 1 atom stereocenters. The third-order valence-corrected chi connectivity index (χ3v) is 7.71. The van der Waals surface area contributed by atoms with E-state index in [1.807, 2.05) is 25.1 Å². The molecule has 1 aliphatic heterocycles. The van der Waals surface area contributed by atoms with Crippen molar-refractivity contribution in [3.05, 3.63) is 69.2 Å². The summed E-state index contributed by atoms with van der Waals surface area (Å²) >= 11 is 3.47. The van der Waals surface area contributed by atoms with Crippen LogP contribution in [0.2, 0.25) is 0 Å². The van der Waals surface area contributed by atoms with Crippen LogP contribution in [0.4, 0.5) is 19.0 Å². The Morgan fingerprint density at radius 2 is 1.79 bits per heavy atom. The van der Waals surface area contributed by atoms with Crippen LogP contribution >= 0.6 is 15.9 Å². The van der Waals surface area contributed by atoms with Crippen molar-refractivity contribution >= 4 is 44.5 Å². The van der Waals surface area contributed by atoms with Gasteiger partial charge in [-0.05, 0) is 56.0 Å². The molecule has 1 fully saturated rings. The van der Waals surface area contributed by atoms with Gasteiger partial charge in [-0.2, -0.15) is 13.2 Å². The summed E-state index contributed by atoms with van der Waals surface area (Å²) in [5.41, 5.74) is 0.917. The Labute approximate surface area is 233 Å². The third kappa shape index (κ3) is 6.90. The van der Waals surface area contributed by atoms with Crippen LogP contribution in [0.15, 0.2) is 46.9 Å². The number of anilines is 1. The van der Waals surface area contributed by atoms with Gasteiger partial charge in [-0.15, -0.1) is 0 Å². The number of pyridine rings is 1. The van der Waals surface area contributed by atoms with Crippen molar-refractivity contribution in [3.8, 4) is 0 Å². The lowest BCUT2D eigenvalue weighted by Crippen LogP contribution is -2.32. The smallest absolute Gasteiger partial charge is 0.416 e. The highest BCUT2D eigenvalue weighted by molar-refractivity contribution is 9.10. The van der Waals surface area contributed by atoms with E-state index >= 15 is 0 Å². The molecule has 2 aromatic carbocycles. The van der Waals surface area contributed by atoms with Gasteiger partial charge in [0.05, 0.1) is 16.6 Å². The van der Waals surface area contributed by atoms with Crippen molar-refractivity contribution in [2.24, 2.45) is 0 Å². The molecule has 0 radical (unpaired) electrons. The monoisotopic (exact) mass is 605 g/mol. The highest BCUT2D eigenvalue weighted by atomic mass is 79.9. The minimum atomic E-state index is -4.60. The summed E-state index contributed by atoms with van der Waals surface area (Å²) in [6.45, 7) is 3.38. The summed E-state index contributed by atoms with van der Waals surface area (Å²) < 4.78 is 42.1. The minimum Gasteiger partial charge on any atom is -0.481 e. The van der Waals surface area contributed by atoms with Gasteiger partial charge >= 0.3 is 12.1 Å². The number of amides is 1. The van der Waals surface area contributed by atoms with E-state index in [9.17, 15) is 27.9 Å². The standard InChI is InChI=1S/C29H31BrF3N3O3/c1-18-26(22-16-20(30)11-12-24(22)35-27(18)36-14-6-2-3-7-15-36)28(39)34-17-19(10-13-25(37)38)21-8-4-5-9-23(21)29(31,32)33/h4-5,8-9,11-12,16,19H,2-3,6-7,10,13-15,17H2,1H3,(H,34,39)(H,37,38). The maximum Gasteiger partial charge on any atom is 0.416 e. The Morgan fingerprint density at radius 1 is 1.10 bits per heavy atom. The maximum absolute atomic E-state index is 13.8. The molecular weight excluding hydrogens is 575 g/mol. The molecule has 1 unspecified atom stereocenters. The van der Waals surface area contributed by atoms with Crippen molar-refractivity contribution < 1.29 is 27.9 Å². The number of aliphatic carboxylic acids is 1. The number of halogens is 4. The van der Waals surface area contributed by atoms with Crippen LogP contribution in [-0.2, 0) is 11.0 Å². The van der Waals surface area contributed by atoms with Crippen LogP contribution in [0.5, 0.6) is 0 Å². The number of carboxylic acid groups (broad SMARTS) is 1. The Hall–Kier alpha value is -3.14. The lowest BCUT2D eigenvalue weighted by molar-refractivity contribution is -0.138. The average molecular weight is 606 g/mol. The number of hydrogen-bond donors (Lipinski definition) is 2. The molecule has 0 aliphatic carbocycles. The van der Waals surface area contributed by atoms with Crippen molar-refractivity contribution in [3.63, 3.8) is 0 Å². The lowest BCUT2D eigenvalue weighted by Gasteiger charge is -2.26. The molecule has 1 aliphatic rings. The number of carbonyl (C=O) groups is 2. The largest absolute Gasteiger partial charge is 0.481 e. The third-order valence-electron chi connectivity index (χ3n) is 7.22. The maximum atomic E-state index is 13.8. The zero-order chi connectivity index (χ0) is 28.2. The number of nitrogens with one attached hydrogen (secondary N) is 1. The first-order chi connectivity index (χ1) is 18.6. The van der Waals surface area contributed by atoms with Crippen LogP contribution in [-0.4, -0.2) is 41.6 Å². The molecule has 208 valence electrons. The number of rotatable bonds is 8. The SMILES string of the molecule is Cc1c(N2CCCCCC2)nc2ccc(Br)cc2c1C(=O)NCC(CCC(=O)O)c1ccccc1C(F)(F)F. The van der Waals surface area contributed by atoms with Gasteiger partial charge in [-0.25, -0.2) is 4.98 Å². The van der Waals surface area contributed by atoms with Gasteiger partial charge in [0, 0.05) is 47.4 Å². The first-order valence-corrected chi connectivity index (χ1v) is 13.9. The van der Waals surface area contributed by atoms with Gasteiger partial charge < -0.3 is 15.3 Å². The second-order valence-electron chi connectivity index (χ2n) is 9.92. The normalized spacial score (nSPS) is 15.2. The van der Waals surface area contributed by atoms with Crippen molar-refractivity contribution in [1.82, 2.24) is 10.3 Å².